The van der Waals surface area contributed by atoms with E-state index in [4.69, 9.17) is 4.52 Å². The molecule has 32 heavy (non-hydrogen) atoms. The van der Waals surface area contributed by atoms with Crippen molar-refractivity contribution < 1.29 is 31.7 Å². The monoisotopic (exact) mass is 457 g/mol. The van der Waals surface area contributed by atoms with E-state index in [1.165, 1.54) is 0 Å². The molecule has 0 saturated carbocycles. The largest absolute Gasteiger partial charge is 0.416 e. The molecule has 0 spiro atoms. The fourth-order valence-corrected chi connectivity index (χ4v) is 3.34. The highest BCUT2D eigenvalue weighted by Gasteiger charge is 2.33. The summed E-state index contributed by atoms with van der Waals surface area (Å²) in [7, 11) is 0. The number of nitrogens with zero attached hydrogens (tertiary/aromatic N) is 3. The van der Waals surface area contributed by atoms with Crippen molar-refractivity contribution >= 4 is 17.6 Å². The van der Waals surface area contributed by atoms with E-state index in [2.05, 4.69) is 15.8 Å². The smallest absolute Gasteiger partial charge is 0.360 e. The van der Waals surface area contributed by atoms with Crippen LogP contribution in [0.15, 0.2) is 28.8 Å². The summed E-state index contributed by atoms with van der Waals surface area (Å²) in [6, 6.07) is 3.97. The van der Waals surface area contributed by atoms with Gasteiger partial charge in [0, 0.05) is 38.8 Å². The van der Waals surface area contributed by atoms with Gasteiger partial charge in [-0.3, -0.25) is 19.4 Å². The summed E-state index contributed by atoms with van der Waals surface area (Å²) in [4.78, 5) is 28.0. The van der Waals surface area contributed by atoms with E-state index in [-0.39, 0.29) is 31.1 Å². The number of nitrogens with one attached hydrogen (secondary N) is 2. The second-order valence-electron chi connectivity index (χ2n) is 7.50. The summed E-state index contributed by atoms with van der Waals surface area (Å²) in [6.45, 7) is 3.69. The van der Waals surface area contributed by atoms with Crippen LogP contribution in [0.4, 0.5) is 23.4 Å². The highest BCUT2D eigenvalue weighted by molar-refractivity contribution is 5.91. The van der Waals surface area contributed by atoms with Crippen LogP contribution >= 0.6 is 0 Å². The van der Waals surface area contributed by atoms with Crippen LogP contribution in [0.5, 0.6) is 0 Å². The maximum Gasteiger partial charge on any atom is 0.416 e. The average molecular weight is 457 g/mol. The molecule has 2 amide bonds. The van der Waals surface area contributed by atoms with Gasteiger partial charge >= 0.3 is 6.18 Å². The van der Waals surface area contributed by atoms with Crippen LogP contribution in [-0.2, 0) is 22.3 Å². The number of hydrogen-bond donors (Lipinski definition) is 2. The maximum absolute atomic E-state index is 13.2. The van der Waals surface area contributed by atoms with E-state index in [0.29, 0.717) is 43.8 Å². The van der Waals surface area contributed by atoms with Crippen molar-refractivity contribution in [3.8, 4) is 0 Å². The number of piperazine rings is 1. The Bertz CT molecular complexity index is 955. The van der Waals surface area contributed by atoms with Gasteiger partial charge in [0.05, 0.1) is 18.7 Å². The number of halogens is 4. The molecule has 0 atom stereocenters. The number of aromatic nitrogens is 1. The van der Waals surface area contributed by atoms with E-state index in [0.717, 1.165) is 12.1 Å². The number of hydrogen-bond acceptors (Lipinski definition) is 6. The van der Waals surface area contributed by atoms with Crippen LogP contribution in [0.25, 0.3) is 0 Å². The van der Waals surface area contributed by atoms with E-state index < -0.39 is 23.5 Å². The average Bonchev–Trinajstić information content (AvgIpc) is 3.12. The molecule has 174 valence electrons. The molecule has 1 fully saturated rings. The molecule has 2 heterocycles. The molecule has 0 aliphatic carbocycles. The predicted molar refractivity (Wildman–Crippen MR) is 106 cm³/mol. The zero-order valence-corrected chi connectivity index (χ0v) is 17.3. The SMILES string of the molecule is Cc1cc(NC(=O)CN2CCN(CC(=O)NCc3ccc(F)cc3C(F)(F)F)CC2)no1. The quantitative estimate of drug-likeness (QED) is 0.619. The standard InChI is InChI=1S/C20H23F4N5O3/c1-13-8-17(27-32-13)26-19(31)12-29-6-4-28(5-7-29)11-18(30)25-10-14-2-3-15(21)9-16(14)20(22,23)24/h2-3,8-9H,4-7,10-12H2,1H3,(H,25,30)(H,26,27,31). The third-order valence-corrected chi connectivity index (χ3v) is 4.95. The first-order chi connectivity index (χ1) is 15.1. The van der Waals surface area contributed by atoms with Gasteiger partial charge in [-0.05, 0) is 24.6 Å². The lowest BCUT2D eigenvalue weighted by Gasteiger charge is -2.33. The lowest BCUT2D eigenvalue weighted by Crippen LogP contribution is -2.51. The molecule has 8 nitrogen and oxygen atoms in total. The van der Waals surface area contributed by atoms with Crippen LogP contribution < -0.4 is 10.6 Å². The molecule has 1 aliphatic heterocycles. The van der Waals surface area contributed by atoms with Gasteiger partial charge in [0.15, 0.2) is 5.82 Å². The number of carbonyl (C=O) groups is 2. The van der Waals surface area contributed by atoms with Crippen molar-refractivity contribution in [2.75, 3.05) is 44.6 Å². The Morgan fingerprint density at radius 3 is 2.25 bits per heavy atom. The Morgan fingerprint density at radius 2 is 1.69 bits per heavy atom. The first-order valence-corrected chi connectivity index (χ1v) is 9.90. The Hall–Kier alpha value is -2.99. The van der Waals surface area contributed by atoms with Crippen LogP contribution in [0.1, 0.15) is 16.9 Å². The summed E-state index contributed by atoms with van der Waals surface area (Å²) in [5, 5.41) is 8.79. The first kappa shape index (κ1) is 23.7. The normalized spacial score (nSPS) is 15.5. The zero-order chi connectivity index (χ0) is 23.3. The lowest BCUT2D eigenvalue weighted by molar-refractivity contribution is -0.138. The van der Waals surface area contributed by atoms with Gasteiger partial charge in [0.1, 0.15) is 11.6 Å². The number of alkyl halides is 3. The van der Waals surface area contributed by atoms with Gasteiger partial charge in [-0.15, -0.1) is 0 Å². The number of anilines is 1. The van der Waals surface area contributed by atoms with Crippen LogP contribution in [0, 0.1) is 12.7 Å². The third-order valence-electron chi connectivity index (χ3n) is 4.95. The molecule has 0 bridgehead atoms. The van der Waals surface area contributed by atoms with Crippen molar-refractivity contribution in [1.82, 2.24) is 20.3 Å². The Kier molecular flexibility index (Phi) is 7.46. The molecular weight excluding hydrogens is 434 g/mol. The van der Waals surface area contributed by atoms with E-state index >= 15 is 0 Å². The van der Waals surface area contributed by atoms with Crippen LogP contribution in [0.3, 0.4) is 0 Å². The van der Waals surface area contributed by atoms with Crippen molar-refractivity contribution in [1.29, 1.82) is 0 Å². The van der Waals surface area contributed by atoms with Crippen molar-refractivity contribution in [2.24, 2.45) is 0 Å². The van der Waals surface area contributed by atoms with Crippen molar-refractivity contribution in [3.63, 3.8) is 0 Å². The van der Waals surface area contributed by atoms with Crippen LogP contribution in [0.2, 0.25) is 0 Å². The fourth-order valence-electron chi connectivity index (χ4n) is 3.34. The Balaban J connectivity index is 1.41. The van der Waals surface area contributed by atoms with Gasteiger partial charge in [-0.25, -0.2) is 4.39 Å². The minimum Gasteiger partial charge on any atom is -0.360 e. The van der Waals surface area contributed by atoms with E-state index in [1.807, 2.05) is 9.80 Å². The fraction of sp³-hybridized carbons (Fsp3) is 0.450. The predicted octanol–water partition coefficient (Wildman–Crippen LogP) is 2.01. The van der Waals surface area contributed by atoms with Crippen molar-refractivity contribution in [2.45, 2.75) is 19.6 Å². The maximum atomic E-state index is 13.2. The molecule has 1 aromatic carbocycles. The highest BCUT2D eigenvalue weighted by atomic mass is 19.4. The Labute approximate surface area is 181 Å². The number of aryl methyl sites for hydroxylation is 1. The van der Waals surface area contributed by atoms with Crippen molar-refractivity contribution in [3.05, 3.63) is 47.0 Å². The molecule has 1 aliphatic rings. The number of amides is 2. The lowest BCUT2D eigenvalue weighted by atomic mass is 10.1. The molecular formula is C20H23F4N5O3. The second kappa shape index (κ2) is 10.1. The molecule has 0 unspecified atom stereocenters. The first-order valence-electron chi connectivity index (χ1n) is 9.90. The van der Waals surface area contributed by atoms with E-state index in [9.17, 15) is 27.2 Å². The molecule has 0 radical (unpaired) electrons. The summed E-state index contributed by atoms with van der Waals surface area (Å²) >= 11 is 0. The zero-order valence-electron chi connectivity index (χ0n) is 17.3. The minimum absolute atomic E-state index is 0.0147. The van der Waals surface area contributed by atoms with E-state index in [1.54, 1.807) is 13.0 Å². The molecule has 2 aromatic rings. The number of carbonyl (C=O) groups excluding carboxylic acids is 2. The summed E-state index contributed by atoms with van der Waals surface area (Å²) < 4.78 is 57.2. The van der Waals surface area contributed by atoms with Gasteiger partial charge in [0.25, 0.3) is 0 Å². The highest BCUT2D eigenvalue weighted by Crippen LogP contribution is 2.32. The third kappa shape index (κ3) is 6.76. The molecule has 1 aromatic heterocycles. The van der Waals surface area contributed by atoms with Gasteiger partial charge in [-0.1, -0.05) is 11.2 Å². The molecule has 3 rings (SSSR count). The number of rotatable bonds is 7. The topological polar surface area (TPSA) is 90.7 Å². The van der Waals surface area contributed by atoms with Crippen LogP contribution in [-0.4, -0.2) is 66.0 Å². The molecule has 2 N–H and O–H groups in total. The van der Waals surface area contributed by atoms with Gasteiger partial charge in [0.2, 0.25) is 11.8 Å². The summed E-state index contributed by atoms with van der Waals surface area (Å²) in [5.74, 6) is -0.728. The van der Waals surface area contributed by atoms with Gasteiger partial charge < -0.3 is 15.2 Å². The van der Waals surface area contributed by atoms with Gasteiger partial charge in [-0.2, -0.15) is 13.2 Å². The molecule has 12 heteroatoms. The summed E-state index contributed by atoms with van der Waals surface area (Å²) in [6.07, 6.45) is -4.71. The minimum atomic E-state index is -4.71. The second-order valence-corrected chi connectivity index (χ2v) is 7.50. The Morgan fingerprint density at radius 1 is 1.06 bits per heavy atom. The number of benzene rings is 1. The summed E-state index contributed by atoms with van der Waals surface area (Å²) in [5.41, 5.74) is -1.31. The molecule has 1 saturated heterocycles.